The molecule has 0 saturated carbocycles. The maximum atomic E-state index is 11.1. The third-order valence-electron chi connectivity index (χ3n) is 2.18. The van der Waals surface area contributed by atoms with Crippen LogP contribution >= 0.6 is 11.8 Å². The third kappa shape index (κ3) is 2.10. The first kappa shape index (κ1) is 9.59. The van der Waals surface area contributed by atoms with Gasteiger partial charge in [0.2, 0.25) is 0 Å². The van der Waals surface area contributed by atoms with Crippen LogP contribution in [-0.4, -0.2) is 16.7 Å². The molecule has 2 atom stereocenters. The van der Waals surface area contributed by atoms with E-state index in [0.29, 0.717) is 0 Å². The summed E-state index contributed by atoms with van der Waals surface area (Å²) in [5, 5.41) is -0.0105. The number of thioether (sulfide) groups is 1. The second-order valence-corrected chi connectivity index (χ2v) is 4.84. The van der Waals surface area contributed by atoms with Crippen molar-refractivity contribution in [2.24, 2.45) is 0 Å². The molecular weight excluding hydrogens is 196 g/mol. The highest BCUT2D eigenvalue weighted by atomic mass is 32.2. The molecule has 0 bridgehead atoms. The lowest BCUT2D eigenvalue weighted by Gasteiger charge is -2.07. The van der Waals surface area contributed by atoms with Gasteiger partial charge >= 0.3 is 5.97 Å². The molecule has 0 aliphatic carbocycles. The molecule has 1 aliphatic heterocycles. The fourth-order valence-corrected chi connectivity index (χ4v) is 2.49. The molecule has 0 aromatic heterocycles. The number of ether oxygens (including phenoxy) is 1. The topological polar surface area (TPSA) is 26.3 Å². The highest BCUT2D eigenvalue weighted by Crippen LogP contribution is 2.30. The van der Waals surface area contributed by atoms with Gasteiger partial charge in [0, 0.05) is 6.42 Å². The second kappa shape index (κ2) is 4.05. The molecule has 3 heteroatoms. The van der Waals surface area contributed by atoms with E-state index in [1.165, 1.54) is 5.56 Å². The molecule has 1 fully saturated rings. The molecule has 14 heavy (non-hydrogen) atoms. The normalized spacial score (nSPS) is 26.2. The Balaban J connectivity index is 1.97. The lowest BCUT2D eigenvalue weighted by atomic mass is 10.2. The second-order valence-electron chi connectivity index (χ2n) is 3.33. The molecule has 0 amide bonds. The van der Waals surface area contributed by atoms with Crippen LogP contribution in [0.1, 0.15) is 12.5 Å². The number of hydrogen-bond donors (Lipinski definition) is 0. The van der Waals surface area contributed by atoms with E-state index in [9.17, 15) is 4.79 Å². The van der Waals surface area contributed by atoms with Gasteiger partial charge in [-0.3, -0.25) is 4.79 Å². The zero-order valence-electron chi connectivity index (χ0n) is 7.97. The summed E-state index contributed by atoms with van der Waals surface area (Å²) in [5.41, 5.74) is 1.21. The van der Waals surface area contributed by atoms with E-state index in [1.807, 2.05) is 25.1 Å². The fraction of sp³-hybridized carbons (Fsp3) is 0.364. The molecule has 0 N–H and O–H groups in total. The highest BCUT2D eigenvalue weighted by molar-refractivity contribution is 8.01. The maximum absolute atomic E-state index is 11.1. The summed E-state index contributed by atoms with van der Waals surface area (Å²) in [7, 11) is 0. The standard InChI is InChI=1S/C11H12O2S/c1-8-11(12)13-10(14-8)7-9-5-3-2-4-6-9/h2-6,8,10H,7H2,1H3. The van der Waals surface area contributed by atoms with Crippen LogP contribution in [0.3, 0.4) is 0 Å². The number of carbonyl (C=O) groups is 1. The molecule has 0 spiro atoms. The summed E-state index contributed by atoms with van der Waals surface area (Å²) in [5.74, 6) is -0.0871. The van der Waals surface area contributed by atoms with Gasteiger partial charge < -0.3 is 4.74 Å². The summed E-state index contributed by atoms with van der Waals surface area (Å²) in [6.45, 7) is 1.89. The van der Waals surface area contributed by atoms with Crippen LogP contribution in [0, 0.1) is 0 Å². The Morgan fingerprint density at radius 2 is 2.07 bits per heavy atom. The van der Waals surface area contributed by atoms with Gasteiger partial charge in [-0.2, -0.15) is 0 Å². The van der Waals surface area contributed by atoms with Crippen LogP contribution in [-0.2, 0) is 16.0 Å². The van der Waals surface area contributed by atoms with Gasteiger partial charge in [-0.05, 0) is 12.5 Å². The van der Waals surface area contributed by atoms with Crippen molar-refractivity contribution in [1.82, 2.24) is 0 Å². The van der Waals surface area contributed by atoms with Crippen LogP contribution in [0.5, 0.6) is 0 Å². The monoisotopic (exact) mass is 208 g/mol. The van der Waals surface area contributed by atoms with Crippen molar-refractivity contribution in [3.63, 3.8) is 0 Å². The average molecular weight is 208 g/mol. The van der Waals surface area contributed by atoms with Gasteiger partial charge in [-0.1, -0.05) is 30.3 Å². The number of rotatable bonds is 2. The molecule has 2 rings (SSSR count). The Kier molecular flexibility index (Phi) is 2.77. The van der Waals surface area contributed by atoms with E-state index in [0.717, 1.165) is 6.42 Å². The largest absolute Gasteiger partial charge is 0.450 e. The van der Waals surface area contributed by atoms with E-state index in [4.69, 9.17) is 4.74 Å². The van der Waals surface area contributed by atoms with Crippen LogP contribution in [0.25, 0.3) is 0 Å². The number of esters is 1. The van der Waals surface area contributed by atoms with Crippen molar-refractivity contribution < 1.29 is 9.53 Å². The van der Waals surface area contributed by atoms with Gasteiger partial charge in [-0.25, -0.2) is 0 Å². The van der Waals surface area contributed by atoms with E-state index < -0.39 is 0 Å². The first-order chi connectivity index (χ1) is 6.75. The Morgan fingerprint density at radius 1 is 1.36 bits per heavy atom. The average Bonchev–Trinajstić information content (AvgIpc) is 2.47. The lowest BCUT2D eigenvalue weighted by Crippen LogP contribution is -2.09. The third-order valence-corrected chi connectivity index (χ3v) is 3.35. The number of cyclic esters (lactones) is 1. The van der Waals surface area contributed by atoms with Crippen molar-refractivity contribution in [3.05, 3.63) is 35.9 Å². The summed E-state index contributed by atoms with van der Waals surface area (Å²) in [4.78, 5) is 11.1. The smallest absolute Gasteiger partial charge is 0.320 e. The first-order valence-corrected chi connectivity index (χ1v) is 5.60. The Labute approximate surface area is 87.6 Å². The quantitative estimate of drug-likeness (QED) is 0.697. The van der Waals surface area contributed by atoms with E-state index in [2.05, 4.69) is 12.1 Å². The predicted molar refractivity (Wildman–Crippen MR) is 57.1 cm³/mol. The van der Waals surface area contributed by atoms with Crippen LogP contribution in [0.15, 0.2) is 30.3 Å². The number of benzene rings is 1. The van der Waals surface area contributed by atoms with Gasteiger partial charge in [0.15, 0.2) is 5.44 Å². The van der Waals surface area contributed by atoms with Crippen molar-refractivity contribution in [3.8, 4) is 0 Å². The summed E-state index contributed by atoms with van der Waals surface area (Å²) < 4.78 is 5.20. The fourth-order valence-electron chi connectivity index (χ4n) is 1.43. The number of carbonyl (C=O) groups excluding carboxylic acids is 1. The minimum atomic E-state index is -0.0871. The van der Waals surface area contributed by atoms with Crippen LogP contribution < -0.4 is 0 Å². The first-order valence-electron chi connectivity index (χ1n) is 4.65. The molecule has 1 aliphatic rings. The molecular formula is C11H12O2S. The minimum absolute atomic E-state index is 0.0000926. The summed E-state index contributed by atoms with van der Waals surface area (Å²) >= 11 is 1.60. The lowest BCUT2D eigenvalue weighted by molar-refractivity contribution is -0.141. The zero-order valence-corrected chi connectivity index (χ0v) is 8.79. The van der Waals surface area contributed by atoms with Gasteiger partial charge in [0.05, 0.1) is 0 Å². The molecule has 0 radical (unpaired) electrons. The molecule has 74 valence electrons. The SMILES string of the molecule is CC1SC(Cc2ccccc2)OC1=O. The Hall–Kier alpha value is -0.960. The van der Waals surface area contributed by atoms with E-state index in [-0.39, 0.29) is 16.7 Å². The molecule has 1 heterocycles. The van der Waals surface area contributed by atoms with Gasteiger partial charge in [0.1, 0.15) is 5.25 Å². The maximum Gasteiger partial charge on any atom is 0.320 e. The van der Waals surface area contributed by atoms with Crippen molar-refractivity contribution >= 4 is 17.7 Å². The van der Waals surface area contributed by atoms with E-state index >= 15 is 0 Å². The molecule has 1 saturated heterocycles. The Morgan fingerprint density at radius 3 is 2.64 bits per heavy atom. The Bertz CT molecular complexity index is 323. The predicted octanol–water partition coefficient (Wildman–Crippen LogP) is 2.23. The number of hydrogen-bond acceptors (Lipinski definition) is 3. The van der Waals surface area contributed by atoms with Crippen molar-refractivity contribution in [2.75, 3.05) is 0 Å². The molecule has 2 nitrogen and oxygen atoms in total. The van der Waals surface area contributed by atoms with Gasteiger partial charge in [0.25, 0.3) is 0 Å². The molecule has 1 aromatic carbocycles. The van der Waals surface area contributed by atoms with Crippen LogP contribution in [0.2, 0.25) is 0 Å². The van der Waals surface area contributed by atoms with Crippen molar-refractivity contribution in [2.45, 2.75) is 24.0 Å². The summed E-state index contributed by atoms with van der Waals surface area (Å²) in [6.07, 6.45) is 0.807. The van der Waals surface area contributed by atoms with Gasteiger partial charge in [-0.15, -0.1) is 11.8 Å². The zero-order chi connectivity index (χ0) is 9.97. The molecule has 2 unspecified atom stereocenters. The highest BCUT2D eigenvalue weighted by Gasteiger charge is 2.31. The van der Waals surface area contributed by atoms with E-state index in [1.54, 1.807) is 11.8 Å². The summed E-state index contributed by atoms with van der Waals surface area (Å²) in [6, 6.07) is 10.1. The van der Waals surface area contributed by atoms with Crippen molar-refractivity contribution in [1.29, 1.82) is 0 Å². The minimum Gasteiger partial charge on any atom is -0.450 e. The molecule has 1 aromatic rings. The van der Waals surface area contributed by atoms with Crippen LogP contribution in [0.4, 0.5) is 0 Å².